The number of rotatable bonds is 13. The number of amides is 4. The van der Waals surface area contributed by atoms with Gasteiger partial charge in [0.25, 0.3) is 0 Å². The van der Waals surface area contributed by atoms with Gasteiger partial charge in [0.15, 0.2) is 0 Å². The summed E-state index contributed by atoms with van der Waals surface area (Å²) in [5.41, 5.74) is 11.0. The molecule has 0 aliphatic heterocycles. The molecule has 11 nitrogen and oxygen atoms in total. The molecular weight excluding hydrogens is 382 g/mol. The van der Waals surface area contributed by atoms with Gasteiger partial charge in [0.2, 0.25) is 23.6 Å². The number of nitrogens with two attached hydrogens (primary N) is 2. The Kier molecular flexibility index (Phi) is 11.5. The fraction of sp³-hybridized carbons (Fsp3) is 0.722. The van der Waals surface area contributed by atoms with Crippen molar-refractivity contribution in [2.75, 3.05) is 6.54 Å². The molecule has 0 saturated carbocycles. The number of hydrogen-bond acceptors (Lipinski definition) is 6. The zero-order valence-electron chi connectivity index (χ0n) is 17.4. The summed E-state index contributed by atoms with van der Waals surface area (Å²) >= 11 is 0. The summed E-state index contributed by atoms with van der Waals surface area (Å²) in [6.07, 6.45) is 0.674. The fourth-order valence-corrected chi connectivity index (χ4v) is 2.42. The predicted octanol–water partition coefficient (Wildman–Crippen LogP) is -1.55. The topological polar surface area (TPSA) is 194 Å². The van der Waals surface area contributed by atoms with E-state index in [0.29, 0.717) is 12.8 Å². The molecule has 0 aliphatic rings. The minimum Gasteiger partial charge on any atom is -0.480 e. The zero-order valence-corrected chi connectivity index (χ0v) is 17.4. The normalized spacial score (nSPS) is 15.9. The minimum absolute atomic E-state index is 0.151. The van der Waals surface area contributed by atoms with Crippen LogP contribution in [0.2, 0.25) is 0 Å². The molecule has 0 aromatic rings. The Morgan fingerprint density at radius 3 is 1.90 bits per heavy atom. The van der Waals surface area contributed by atoms with Crippen LogP contribution in [0.25, 0.3) is 0 Å². The Morgan fingerprint density at radius 2 is 1.45 bits per heavy atom. The molecule has 5 atom stereocenters. The summed E-state index contributed by atoms with van der Waals surface area (Å²) in [5.74, 6) is -4.62. The lowest BCUT2D eigenvalue weighted by molar-refractivity contribution is -0.139. The first-order chi connectivity index (χ1) is 13.4. The zero-order chi connectivity index (χ0) is 22.7. The number of primary amides is 1. The second kappa shape index (κ2) is 12.7. The van der Waals surface area contributed by atoms with Gasteiger partial charge >= 0.3 is 5.97 Å². The van der Waals surface area contributed by atoms with Crippen molar-refractivity contribution >= 4 is 29.6 Å². The molecule has 4 amide bonds. The number of nitrogens with one attached hydrogen (secondary N) is 3. The summed E-state index contributed by atoms with van der Waals surface area (Å²) in [5, 5.41) is 15.8. The van der Waals surface area contributed by atoms with Crippen molar-refractivity contribution in [3.8, 4) is 0 Å². The average Bonchev–Trinajstić information content (AvgIpc) is 2.66. The van der Waals surface area contributed by atoms with Crippen LogP contribution in [0.15, 0.2) is 0 Å². The molecule has 0 aromatic carbocycles. The molecule has 0 bridgehead atoms. The number of carboxylic acid groups (broad SMARTS) is 1. The van der Waals surface area contributed by atoms with Gasteiger partial charge in [0.1, 0.15) is 18.6 Å². The van der Waals surface area contributed by atoms with Gasteiger partial charge in [0.05, 0.1) is 12.5 Å². The standard InChI is InChI=1S/C18H33N5O6/c1-5-9(3)14(20)17(28)22-11(7-12(19)24)16(27)23-15(10(4)6-2)18(29)21-8-13(25)26/h9-11,14-15H,5-8,20H2,1-4H3,(H2,19,24)(H,21,29)(H,22,28)(H,23,27)(H,25,26). The van der Waals surface area contributed by atoms with E-state index in [1.165, 1.54) is 0 Å². The largest absolute Gasteiger partial charge is 0.480 e. The highest BCUT2D eigenvalue weighted by atomic mass is 16.4. The number of carbonyl (C=O) groups is 5. The molecule has 166 valence electrons. The van der Waals surface area contributed by atoms with E-state index in [4.69, 9.17) is 16.6 Å². The van der Waals surface area contributed by atoms with Gasteiger partial charge in [-0.2, -0.15) is 0 Å². The number of aliphatic carboxylic acids is 1. The Labute approximate surface area is 170 Å². The lowest BCUT2D eigenvalue weighted by atomic mass is 9.97. The minimum atomic E-state index is -1.31. The first-order valence-corrected chi connectivity index (χ1v) is 9.58. The lowest BCUT2D eigenvalue weighted by Gasteiger charge is -2.27. The van der Waals surface area contributed by atoms with Gasteiger partial charge in [-0.05, 0) is 11.8 Å². The first kappa shape index (κ1) is 26.3. The Hall–Kier alpha value is -2.69. The van der Waals surface area contributed by atoms with E-state index in [0.717, 1.165) is 0 Å². The fourth-order valence-electron chi connectivity index (χ4n) is 2.42. The maximum absolute atomic E-state index is 12.7. The van der Waals surface area contributed by atoms with Crippen LogP contribution in [0.4, 0.5) is 0 Å². The van der Waals surface area contributed by atoms with Gasteiger partial charge in [-0.1, -0.05) is 40.5 Å². The van der Waals surface area contributed by atoms with Crippen LogP contribution in [0, 0.1) is 11.8 Å². The Morgan fingerprint density at radius 1 is 0.897 bits per heavy atom. The molecule has 0 aliphatic carbocycles. The SMILES string of the molecule is CCC(C)C(N)C(=O)NC(CC(N)=O)C(=O)NC(C(=O)NCC(=O)O)C(C)CC. The van der Waals surface area contributed by atoms with Crippen molar-refractivity contribution in [3.05, 3.63) is 0 Å². The van der Waals surface area contributed by atoms with Crippen LogP contribution in [0.3, 0.4) is 0 Å². The van der Waals surface area contributed by atoms with Gasteiger partial charge in [-0.15, -0.1) is 0 Å². The van der Waals surface area contributed by atoms with Gasteiger partial charge in [-0.3, -0.25) is 24.0 Å². The maximum atomic E-state index is 12.7. The smallest absolute Gasteiger partial charge is 0.322 e. The van der Waals surface area contributed by atoms with Crippen molar-refractivity contribution in [2.24, 2.45) is 23.3 Å². The Bertz CT molecular complexity index is 612. The van der Waals surface area contributed by atoms with E-state index in [9.17, 15) is 24.0 Å². The van der Waals surface area contributed by atoms with Crippen LogP contribution in [-0.2, 0) is 24.0 Å². The van der Waals surface area contributed by atoms with Crippen molar-refractivity contribution in [1.29, 1.82) is 0 Å². The van der Waals surface area contributed by atoms with Crippen molar-refractivity contribution in [1.82, 2.24) is 16.0 Å². The van der Waals surface area contributed by atoms with Crippen LogP contribution < -0.4 is 27.4 Å². The van der Waals surface area contributed by atoms with E-state index < -0.39 is 60.7 Å². The predicted molar refractivity (Wildman–Crippen MR) is 105 cm³/mol. The average molecular weight is 415 g/mol. The number of carbonyl (C=O) groups excluding carboxylic acids is 4. The van der Waals surface area contributed by atoms with Gasteiger partial charge in [0, 0.05) is 0 Å². The molecule has 29 heavy (non-hydrogen) atoms. The van der Waals surface area contributed by atoms with Crippen molar-refractivity contribution in [2.45, 2.75) is 65.1 Å². The maximum Gasteiger partial charge on any atom is 0.322 e. The van der Waals surface area contributed by atoms with E-state index in [-0.39, 0.29) is 11.8 Å². The summed E-state index contributed by atoms with van der Waals surface area (Å²) in [7, 11) is 0. The van der Waals surface area contributed by atoms with E-state index in [1.54, 1.807) is 20.8 Å². The highest BCUT2D eigenvalue weighted by molar-refractivity contribution is 5.96. The van der Waals surface area contributed by atoms with E-state index in [1.807, 2.05) is 6.92 Å². The molecule has 0 fully saturated rings. The molecule has 0 radical (unpaired) electrons. The van der Waals surface area contributed by atoms with Crippen LogP contribution in [0.1, 0.15) is 47.0 Å². The van der Waals surface area contributed by atoms with Gasteiger partial charge < -0.3 is 32.5 Å². The molecule has 0 saturated heterocycles. The summed E-state index contributed by atoms with van der Waals surface area (Å²) in [6, 6.07) is -3.25. The molecule has 8 N–H and O–H groups in total. The molecule has 5 unspecified atom stereocenters. The summed E-state index contributed by atoms with van der Waals surface area (Å²) in [6.45, 7) is 6.53. The second-order valence-corrected chi connectivity index (χ2v) is 7.13. The molecule has 0 spiro atoms. The third kappa shape index (κ3) is 9.37. The third-order valence-electron chi connectivity index (χ3n) is 4.81. The first-order valence-electron chi connectivity index (χ1n) is 9.58. The summed E-state index contributed by atoms with van der Waals surface area (Å²) < 4.78 is 0. The van der Waals surface area contributed by atoms with Crippen LogP contribution in [0.5, 0.6) is 0 Å². The number of carboxylic acids is 1. The molecule has 11 heteroatoms. The Balaban J connectivity index is 5.37. The third-order valence-corrected chi connectivity index (χ3v) is 4.81. The van der Waals surface area contributed by atoms with E-state index in [2.05, 4.69) is 16.0 Å². The van der Waals surface area contributed by atoms with E-state index >= 15 is 0 Å². The second-order valence-electron chi connectivity index (χ2n) is 7.13. The highest BCUT2D eigenvalue weighted by Gasteiger charge is 2.32. The summed E-state index contributed by atoms with van der Waals surface area (Å²) in [4.78, 5) is 59.3. The molecular formula is C18H33N5O6. The molecule has 0 rings (SSSR count). The quantitative estimate of drug-likeness (QED) is 0.209. The van der Waals surface area contributed by atoms with Crippen molar-refractivity contribution < 1.29 is 29.1 Å². The lowest BCUT2D eigenvalue weighted by Crippen LogP contribution is -2.58. The molecule has 0 aromatic heterocycles. The highest BCUT2D eigenvalue weighted by Crippen LogP contribution is 2.10. The van der Waals surface area contributed by atoms with Crippen LogP contribution in [-0.4, -0.2) is 59.4 Å². The van der Waals surface area contributed by atoms with Gasteiger partial charge in [-0.25, -0.2) is 0 Å². The molecule has 0 heterocycles. The van der Waals surface area contributed by atoms with Crippen molar-refractivity contribution in [3.63, 3.8) is 0 Å². The number of hydrogen-bond donors (Lipinski definition) is 6. The monoisotopic (exact) mass is 415 g/mol. The van der Waals surface area contributed by atoms with Crippen LogP contribution >= 0.6 is 0 Å².